The molecule has 3 rings (SSSR count). The average molecular weight is 274 g/mol. The van der Waals surface area contributed by atoms with Crippen molar-refractivity contribution in [3.05, 3.63) is 24.3 Å². The minimum atomic E-state index is 0.666. The van der Waals surface area contributed by atoms with Gasteiger partial charge in [-0.2, -0.15) is 9.78 Å². The van der Waals surface area contributed by atoms with Crippen LogP contribution in [-0.2, 0) is 0 Å². The van der Waals surface area contributed by atoms with Crippen LogP contribution >= 0.6 is 11.8 Å². The highest BCUT2D eigenvalue weighted by Crippen LogP contribution is 2.27. The van der Waals surface area contributed by atoms with Gasteiger partial charge in [0.15, 0.2) is 5.82 Å². The maximum absolute atomic E-state index is 5.43. The molecule has 0 spiro atoms. The summed E-state index contributed by atoms with van der Waals surface area (Å²) in [6.07, 6.45) is 0. The Hall–Kier alpha value is -1.82. The van der Waals surface area contributed by atoms with Crippen LogP contribution in [0, 0.1) is 0 Å². The zero-order valence-corrected chi connectivity index (χ0v) is 11.6. The zero-order chi connectivity index (χ0) is 13.2. The maximum Gasteiger partial charge on any atom is 0.212 e. The van der Waals surface area contributed by atoms with Gasteiger partial charge in [0, 0.05) is 17.0 Å². The van der Waals surface area contributed by atoms with E-state index in [-0.39, 0.29) is 0 Å². The second-order valence-corrected chi connectivity index (χ2v) is 5.14. The molecule has 0 aliphatic carbocycles. The van der Waals surface area contributed by atoms with E-state index in [2.05, 4.69) is 15.3 Å². The van der Waals surface area contributed by atoms with Crippen molar-refractivity contribution in [2.24, 2.45) is 5.10 Å². The fourth-order valence-electron chi connectivity index (χ4n) is 1.86. The first-order valence-corrected chi connectivity index (χ1v) is 7.12. The highest BCUT2D eigenvalue weighted by molar-refractivity contribution is 7.99. The van der Waals surface area contributed by atoms with Crippen LogP contribution in [0.3, 0.4) is 0 Å². The first-order chi connectivity index (χ1) is 9.28. The third kappa shape index (κ3) is 2.35. The SMILES string of the molecule is CCOc1ccc(-c2nnc3n2N=C(C)CS3)cc1. The van der Waals surface area contributed by atoms with Crippen LogP contribution in [0.25, 0.3) is 11.4 Å². The molecule has 0 atom stereocenters. The molecule has 0 saturated carbocycles. The van der Waals surface area contributed by atoms with Crippen molar-refractivity contribution < 1.29 is 4.74 Å². The van der Waals surface area contributed by atoms with E-state index in [1.54, 1.807) is 16.4 Å². The van der Waals surface area contributed by atoms with Crippen LogP contribution in [0.15, 0.2) is 34.5 Å². The lowest BCUT2D eigenvalue weighted by Crippen LogP contribution is -2.08. The molecule has 0 radical (unpaired) electrons. The van der Waals surface area contributed by atoms with Crippen LogP contribution in [-0.4, -0.2) is 32.9 Å². The van der Waals surface area contributed by atoms with E-state index in [1.165, 1.54) is 0 Å². The maximum atomic E-state index is 5.43. The Morgan fingerprint density at radius 2 is 2.05 bits per heavy atom. The Balaban J connectivity index is 1.97. The third-order valence-electron chi connectivity index (χ3n) is 2.72. The molecule has 1 aromatic heterocycles. The van der Waals surface area contributed by atoms with Gasteiger partial charge < -0.3 is 4.74 Å². The Bertz CT molecular complexity index is 618. The van der Waals surface area contributed by atoms with Crippen molar-refractivity contribution in [3.63, 3.8) is 0 Å². The zero-order valence-electron chi connectivity index (χ0n) is 10.8. The summed E-state index contributed by atoms with van der Waals surface area (Å²) < 4.78 is 7.24. The summed E-state index contributed by atoms with van der Waals surface area (Å²) in [5.74, 6) is 2.50. The van der Waals surface area contributed by atoms with E-state index in [9.17, 15) is 0 Å². The van der Waals surface area contributed by atoms with Crippen molar-refractivity contribution >= 4 is 17.5 Å². The Morgan fingerprint density at radius 3 is 2.79 bits per heavy atom. The summed E-state index contributed by atoms with van der Waals surface area (Å²) in [4.78, 5) is 0. The molecule has 6 heteroatoms. The second kappa shape index (κ2) is 5.05. The van der Waals surface area contributed by atoms with Crippen molar-refractivity contribution in [2.75, 3.05) is 12.4 Å². The molecule has 0 fully saturated rings. The van der Waals surface area contributed by atoms with Crippen molar-refractivity contribution in [1.29, 1.82) is 0 Å². The van der Waals surface area contributed by atoms with Gasteiger partial charge in [-0.1, -0.05) is 11.8 Å². The van der Waals surface area contributed by atoms with Crippen molar-refractivity contribution in [3.8, 4) is 17.1 Å². The minimum absolute atomic E-state index is 0.666. The van der Waals surface area contributed by atoms with Gasteiger partial charge in [0.05, 0.1) is 6.61 Å². The summed E-state index contributed by atoms with van der Waals surface area (Å²) in [5, 5.41) is 13.7. The number of hydrogen-bond donors (Lipinski definition) is 0. The van der Waals surface area contributed by atoms with E-state index in [1.807, 2.05) is 38.1 Å². The van der Waals surface area contributed by atoms with Gasteiger partial charge in [-0.25, -0.2) is 0 Å². The molecule has 2 heterocycles. The van der Waals surface area contributed by atoms with Gasteiger partial charge in [0.2, 0.25) is 5.16 Å². The monoisotopic (exact) mass is 274 g/mol. The molecular formula is C13H14N4OS. The molecule has 0 saturated heterocycles. The smallest absolute Gasteiger partial charge is 0.212 e. The van der Waals surface area contributed by atoms with Gasteiger partial charge in [-0.05, 0) is 38.1 Å². The lowest BCUT2D eigenvalue weighted by molar-refractivity contribution is 0.340. The van der Waals surface area contributed by atoms with Crippen LogP contribution in [0.4, 0.5) is 0 Å². The van der Waals surface area contributed by atoms with Gasteiger partial charge in [0.25, 0.3) is 0 Å². The summed E-state index contributed by atoms with van der Waals surface area (Å²) in [6.45, 7) is 4.65. The minimum Gasteiger partial charge on any atom is -0.494 e. The van der Waals surface area contributed by atoms with Gasteiger partial charge >= 0.3 is 0 Å². The standard InChI is InChI=1S/C13H14N4OS/c1-3-18-11-6-4-10(5-7-11)12-14-15-13-17(12)16-9(2)8-19-13/h4-7H,3,8H2,1-2H3. The molecule has 0 N–H and O–H groups in total. The van der Waals surface area contributed by atoms with Crippen molar-refractivity contribution in [1.82, 2.24) is 14.9 Å². The van der Waals surface area contributed by atoms with E-state index < -0.39 is 0 Å². The normalized spacial score (nSPS) is 13.9. The number of hydrogen-bond acceptors (Lipinski definition) is 5. The predicted molar refractivity (Wildman–Crippen MR) is 75.9 cm³/mol. The summed E-state index contributed by atoms with van der Waals surface area (Å²) in [6, 6.07) is 7.83. The van der Waals surface area contributed by atoms with Crippen molar-refractivity contribution in [2.45, 2.75) is 19.0 Å². The summed E-state index contributed by atoms with van der Waals surface area (Å²) >= 11 is 1.66. The average Bonchev–Trinajstić information content (AvgIpc) is 2.83. The highest BCUT2D eigenvalue weighted by Gasteiger charge is 2.17. The largest absolute Gasteiger partial charge is 0.494 e. The first-order valence-electron chi connectivity index (χ1n) is 6.14. The molecule has 98 valence electrons. The third-order valence-corrected chi connectivity index (χ3v) is 3.79. The Kier molecular flexibility index (Phi) is 3.25. The highest BCUT2D eigenvalue weighted by atomic mass is 32.2. The van der Waals surface area contributed by atoms with E-state index in [0.717, 1.165) is 33.8 Å². The van der Waals surface area contributed by atoms with Crippen LogP contribution < -0.4 is 4.74 Å². The van der Waals surface area contributed by atoms with E-state index >= 15 is 0 Å². The second-order valence-electron chi connectivity index (χ2n) is 4.20. The molecule has 1 aromatic carbocycles. The number of fused-ring (bicyclic) bond motifs is 1. The lowest BCUT2D eigenvalue weighted by Gasteiger charge is -2.10. The van der Waals surface area contributed by atoms with E-state index in [4.69, 9.17) is 4.74 Å². The molecule has 0 amide bonds. The molecule has 1 aliphatic rings. The predicted octanol–water partition coefficient (Wildman–Crippen LogP) is 2.67. The summed E-state index contributed by atoms with van der Waals surface area (Å²) in [5.41, 5.74) is 2.06. The molecular weight excluding hydrogens is 260 g/mol. The van der Waals surface area contributed by atoms with E-state index in [0.29, 0.717) is 6.61 Å². The number of ether oxygens (including phenoxy) is 1. The molecule has 0 unspecified atom stereocenters. The fraction of sp³-hybridized carbons (Fsp3) is 0.308. The molecule has 1 aliphatic heterocycles. The van der Waals surface area contributed by atoms with Crippen LogP contribution in [0.2, 0.25) is 0 Å². The number of rotatable bonds is 3. The first kappa shape index (κ1) is 12.2. The van der Waals surface area contributed by atoms with Crippen LogP contribution in [0.1, 0.15) is 13.8 Å². The summed E-state index contributed by atoms with van der Waals surface area (Å²) in [7, 11) is 0. The quantitative estimate of drug-likeness (QED) is 0.863. The number of nitrogens with zero attached hydrogens (tertiary/aromatic N) is 4. The van der Waals surface area contributed by atoms with Gasteiger partial charge in [0.1, 0.15) is 5.75 Å². The molecule has 19 heavy (non-hydrogen) atoms. The molecule has 2 aromatic rings. The topological polar surface area (TPSA) is 52.3 Å². The lowest BCUT2D eigenvalue weighted by atomic mass is 10.2. The fourth-order valence-corrected chi connectivity index (χ4v) is 2.60. The number of aromatic nitrogens is 3. The van der Waals surface area contributed by atoms with Gasteiger partial charge in [-0.15, -0.1) is 10.2 Å². The Morgan fingerprint density at radius 1 is 1.26 bits per heavy atom. The molecule has 0 bridgehead atoms. The number of benzene rings is 1. The molecule has 5 nitrogen and oxygen atoms in total. The Labute approximate surface area is 115 Å². The van der Waals surface area contributed by atoms with Crippen LogP contribution in [0.5, 0.6) is 5.75 Å². The number of thioether (sulfide) groups is 1. The van der Waals surface area contributed by atoms with Gasteiger partial charge in [-0.3, -0.25) is 0 Å².